The lowest BCUT2D eigenvalue weighted by molar-refractivity contribution is -0.138. The Morgan fingerprint density at radius 1 is 0.606 bits per heavy atom. The van der Waals surface area contributed by atoms with Crippen molar-refractivity contribution in [1.82, 2.24) is 39.5 Å². The largest absolute Gasteiger partial charge is 0.456 e. The number of nitrogens with zero attached hydrogens (tertiary/aromatic N) is 6. The van der Waals surface area contributed by atoms with Crippen molar-refractivity contribution in [2.45, 2.75) is 56.5 Å². The molecule has 2 aromatic heterocycles. The van der Waals surface area contributed by atoms with Crippen molar-refractivity contribution in [1.29, 1.82) is 0 Å². The van der Waals surface area contributed by atoms with Gasteiger partial charge < -0.3 is 24.5 Å². The van der Waals surface area contributed by atoms with Gasteiger partial charge >= 0.3 is 5.97 Å². The number of carbonyl (C=O) groups excluding carboxylic acids is 3. The second-order valence-electron chi connectivity index (χ2n) is 17.7. The van der Waals surface area contributed by atoms with Gasteiger partial charge in [-0.25, -0.2) is 14.8 Å². The van der Waals surface area contributed by atoms with Crippen molar-refractivity contribution in [2.24, 2.45) is 0 Å². The van der Waals surface area contributed by atoms with Crippen LogP contribution in [0.15, 0.2) is 146 Å². The third-order valence-corrected chi connectivity index (χ3v) is 12.9. The molecular formula is C54H56N8O4. The average molecular weight is 881 g/mol. The summed E-state index contributed by atoms with van der Waals surface area (Å²) in [6.07, 6.45) is 5.15. The number of nitrogens with one attached hydrogen (secondary N) is 2. The van der Waals surface area contributed by atoms with Gasteiger partial charge in [-0.1, -0.05) is 140 Å². The molecule has 0 bridgehead atoms. The smallest absolute Gasteiger partial charge is 0.359 e. The third kappa shape index (κ3) is 9.20. The van der Waals surface area contributed by atoms with Crippen molar-refractivity contribution in [3.05, 3.63) is 180 Å². The van der Waals surface area contributed by atoms with Gasteiger partial charge in [-0.3, -0.25) is 19.4 Å². The highest BCUT2D eigenvalue weighted by Crippen LogP contribution is 2.38. The minimum Gasteiger partial charge on any atom is -0.456 e. The number of rotatable bonds is 14. The molecule has 2 aliphatic rings. The monoisotopic (exact) mass is 880 g/mol. The van der Waals surface area contributed by atoms with Crippen molar-refractivity contribution in [2.75, 3.05) is 41.3 Å². The van der Waals surface area contributed by atoms with E-state index in [1.165, 1.54) is 0 Å². The van der Waals surface area contributed by atoms with Gasteiger partial charge in [0.05, 0.1) is 29.7 Å². The molecule has 336 valence electrons. The van der Waals surface area contributed by atoms with Gasteiger partial charge in [0.25, 0.3) is 0 Å². The molecule has 12 nitrogen and oxygen atoms in total. The molecule has 9 rings (SSSR count). The molecule has 0 saturated carbocycles. The first-order valence-corrected chi connectivity index (χ1v) is 22.8. The molecule has 66 heavy (non-hydrogen) atoms. The number of ether oxygens (including phenoxy) is 1. The summed E-state index contributed by atoms with van der Waals surface area (Å²) < 4.78 is 5.84. The van der Waals surface area contributed by atoms with E-state index in [9.17, 15) is 14.4 Å². The highest BCUT2D eigenvalue weighted by molar-refractivity contribution is 5.95. The molecule has 0 aliphatic carbocycles. The quantitative estimate of drug-likeness (QED) is 0.103. The first-order valence-electron chi connectivity index (χ1n) is 22.8. The molecule has 0 spiro atoms. The van der Waals surface area contributed by atoms with Crippen molar-refractivity contribution < 1.29 is 19.1 Å². The van der Waals surface area contributed by atoms with Crippen molar-refractivity contribution in [3.63, 3.8) is 0 Å². The van der Waals surface area contributed by atoms with Gasteiger partial charge in [-0.05, 0) is 87.3 Å². The van der Waals surface area contributed by atoms with Gasteiger partial charge in [-0.2, -0.15) is 0 Å². The van der Waals surface area contributed by atoms with Crippen LogP contribution in [0.2, 0.25) is 0 Å². The molecule has 5 aromatic carbocycles. The van der Waals surface area contributed by atoms with E-state index in [2.05, 4.69) is 34.2 Å². The normalized spacial score (nSPS) is 17.1. The number of aromatic amines is 2. The van der Waals surface area contributed by atoms with E-state index in [4.69, 9.17) is 14.7 Å². The zero-order chi connectivity index (χ0) is 45.7. The third-order valence-electron chi connectivity index (χ3n) is 12.9. The summed E-state index contributed by atoms with van der Waals surface area (Å²) in [5.41, 5.74) is 8.18. The van der Waals surface area contributed by atoms with Gasteiger partial charge in [0.15, 0.2) is 5.69 Å². The highest BCUT2D eigenvalue weighted by Gasteiger charge is 2.39. The number of hydrogen-bond donors (Lipinski definition) is 2. The molecule has 2 aliphatic heterocycles. The molecule has 2 fully saturated rings. The number of imidazole rings is 2. The number of benzene rings is 5. The molecule has 4 atom stereocenters. The molecule has 2 saturated heterocycles. The fourth-order valence-electron chi connectivity index (χ4n) is 9.56. The van der Waals surface area contributed by atoms with Gasteiger partial charge in [-0.15, -0.1) is 0 Å². The summed E-state index contributed by atoms with van der Waals surface area (Å²) in [6, 6.07) is 44.4. The van der Waals surface area contributed by atoms with E-state index in [1.54, 1.807) is 0 Å². The van der Waals surface area contributed by atoms with Crippen molar-refractivity contribution >= 4 is 17.8 Å². The van der Waals surface area contributed by atoms with Crippen LogP contribution in [0.1, 0.15) is 88.7 Å². The number of likely N-dealkylation sites (N-methyl/N-ethyl adjacent to an activating group) is 2. The summed E-state index contributed by atoms with van der Waals surface area (Å²) in [5, 5.41) is 0. The van der Waals surface area contributed by atoms with E-state index in [0.717, 1.165) is 69.7 Å². The minimum atomic E-state index is -0.540. The van der Waals surface area contributed by atoms with Crippen LogP contribution in [0.4, 0.5) is 0 Å². The SMILES string of the molecule is CN(C)[C@@H](C(=O)N1CCCC1c1nc(C(=O)OCc2ccccc2)c(-c2ccc(-c3ccc(-c4cnc([C@@H]5CCCN5C(=O)[C@@H](c5ccccc5)N(C)C)[nH]4)cc3)cc2)[nH]1)c1ccccc1. The van der Waals surface area contributed by atoms with Crippen LogP contribution >= 0.6 is 0 Å². The Labute approximate surface area is 386 Å². The van der Waals surface area contributed by atoms with E-state index in [-0.39, 0.29) is 42.2 Å². The maximum atomic E-state index is 14.3. The Morgan fingerprint density at radius 3 is 1.59 bits per heavy atom. The first-order chi connectivity index (χ1) is 32.1. The molecule has 4 heterocycles. The Kier molecular flexibility index (Phi) is 13.0. The number of H-pyrrole nitrogens is 2. The number of hydrogen-bond acceptors (Lipinski definition) is 8. The van der Waals surface area contributed by atoms with Gasteiger partial charge in [0.1, 0.15) is 30.3 Å². The van der Waals surface area contributed by atoms with Crippen LogP contribution in [-0.4, -0.2) is 98.6 Å². The zero-order valence-corrected chi connectivity index (χ0v) is 37.9. The van der Waals surface area contributed by atoms with E-state index < -0.39 is 12.0 Å². The highest BCUT2D eigenvalue weighted by atomic mass is 16.5. The molecule has 2 N–H and O–H groups in total. The molecule has 12 heteroatoms. The molecule has 0 radical (unpaired) electrons. The van der Waals surface area contributed by atoms with Crippen LogP contribution in [0.5, 0.6) is 0 Å². The lowest BCUT2D eigenvalue weighted by atomic mass is 10.0. The van der Waals surface area contributed by atoms with Crippen LogP contribution in [-0.2, 0) is 20.9 Å². The number of amides is 2. The second kappa shape index (κ2) is 19.5. The second-order valence-corrected chi connectivity index (χ2v) is 17.7. The fraction of sp³-hybridized carbons (Fsp3) is 0.278. The predicted molar refractivity (Wildman–Crippen MR) is 256 cm³/mol. The number of carbonyl (C=O) groups is 3. The number of likely N-dealkylation sites (tertiary alicyclic amines) is 2. The Hall–Kier alpha value is -7.15. The van der Waals surface area contributed by atoms with Crippen LogP contribution < -0.4 is 0 Å². The Morgan fingerprint density at radius 2 is 1.08 bits per heavy atom. The molecule has 7 aromatic rings. The van der Waals surface area contributed by atoms with E-state index in [1.807, 2.05) is 169 Å². The maximum absolute atomic E-state index is 14.3. The fourth-order valence-corrected chi connectivity index (χ4v) is 9.56. The topological polar surface area (TPSA) is 131 Å². The lowest BCUT2D eigenvalue weighted by Crippen LogP contribution is -2.40. The molecule has 1 unspecified atom stereocenters. The minimum absolute atomic E-state index is 0.00650. The summed E-state index contributed by atoms with van der Waals surface area (Å²) in [6.45, 7) is 1.39. The summed E-state index contributed by atoms with van der Waals surface area (Å²) in [5.74, 6) is 0.892. The molecule has 2 amide bonds. The van der Waals surface area contributed by atoms with Crippen molar-refractivity contribution in [3.8, 4) is 33.6 Å². The van der Waals surface area contributed by atoms with E-state index >= 15 is 0 Å². The van der Waals surface area contributed by atoms with Crippen LogP contribution in [0.3, 0.4) is 0 Å². The number of esters is 1. The van der Waals surface area contributed by atoms with Gasteiger partial charge in [0, 0.05) is 18.7 Å². The summed E-state index contributed by atoms with van der Waals surface area (Å²) in [4.78, 5) is 66.7. The van der Waals surface area contributed by atoms with Gasteiger partial charge in [0.2, 0.25) is 11.8 Å². The Bertz CT molecular complexity index is 2750. The predicted octanol–water partition coefficient (Wildman–Crippen LogP) is 9.42. The number of aromatic nitrogens is 4. The zero-order valence-electron chi connectivity index (χ0n) is 37.9. The Balaban J connectivity index is 0.939. The van der Waals surface area contributed by atoms with Crippen LogP contribution in [0, 0.1) is 0 Å². The lowest BCUT2D eigenvalue weighted by Gasteiger charge is -2.31. The molecular weight excluding hydrogens is 825 g/mol. The standard InChI is InChI=1S/C54H56N8O4/c1-59(2)48(41-18-10-6-11-19-41)52(63)61-32-14-22-44(61)50-55-34-43(56-50)39-28-24-37(25-29-39)38-26-30-40(31-27-38)46-47(54(65)66-35-36-16-8-5-9-17-36)58-51(57-46)45-23-15-33-62(45)53(64)49(60(3)4)42-20-12-7-13-21-42/h5-13,16-21,24-31,34,44-45,48-49H,14-15,22-23,32-33,35H2,1-4H3,(H,55,56)(H,57,58)/t44-,45?,48+,49+/m0/s1. The van der Waals surface area contributed by atoms with Crippen LogP contribution in [0.25, 0.3) is 33.6 Å². The van der Waals surface area contributed by atoms with E-state index in [0.29, 0.717) is 31.0 Å². The first kappa shape index (κ1) is 44.1. The average Bonchev–Trinajstić information content (AvgIpc) is 4.19. The summed E-state index contributed by atoms with van der Waals surface area (Å²) >= 11 is 0. The summed E-state index contributed by atoms with van der Waals surface area (Å²) in [7, 11) is 7.74. The maximum Gasteiger partial charge on any atom is 0.359 e.